The van der Waals surface area contributed by atoms with Crippen LogP contribution in [0.3, 0.4) is 0 Å². The van der Waals surface area contributed by atoms with Crippen molar-refractivity contribution in [2.75, 3.05) is 18.0 Å². The van der Waals surface area contributed by atoms with Crippen molar-refractivity contribution in [1.29, 1.82) is 0 Å². The fraction of sp³-hybridized carbons (Fsp3) is 0.286. The highest BCUT2D eigenvalue weighted by Gasteiger charge is 2.50. The first-order chi connectivity index (χ1) is 17.3. The fourth-order valence-corrected chi connectivity index (χ4v) is 5.62. The number of amides is 2. The number of carbonyl (C=O) groups excluding carboxylic acids is 2. The number of rotatable bonds is 6. The quantitative estimate of drug-likeness (QED) is 0.449. The van der Waals surface area contributed by atoms with E-state index in [1.54, 1.807) is 4.90 Å². The van der Waals surface area contributed by atoms with Crippen LogP contribution >= 0.6 is 23.2 Å². The van der Waals surface area contributed by atoms with E-state index >= 15 is 0 Å². The summed E-state index contributed by atoms with van der Waals surface area (Å²) in [6.45, 7) is 1.54. The molecule has 2 aliphatic heterocycles. The van der Waals surface area contributed by atoms with Gasteiger partial charge in [-0.2, -0.15) is 0 Å². The zero-order valence-corrected chi connectivity index (χ0v) is 21.2. The van der Waals surface area contributed by atoms with Crippen LogP contribution in [-0.2, 0) is 21.7 Å². The zero-order valence-electron chi connectivity index (χ0n) is 19.7. The molecular weight excluding hydrogens is 495 g/mol. The Morgan fingerprint density at radius 3 is 2.47 bits per heavy atom. The van der Waals surface area contributed by atoms with Crippen LogP contribution in [0.15, 0.2) is 72.8 Å². The van der Waals surface area contributed by atoms with E-state index in [1.807, 2.05) is 72.8 Å². The predicted octanol–water partition coefficient (Wildman–Crippen LogP) is 4.35. The number of benzene rings is 3. The van der Waals surface area contributed by atoms with E-state index in [0.717, 1.165) is 35.3 Å². The average molecular weight is 523 g/mol. The van der Waals surface area contributed by atoms with E-state index in [1.165, 1.54) is 0 Å². The molecular formula is C28H28Cl2N4O2. The van der Waals surface area contributed by atoms with Gasteiger partial charge < -0.3 is 21.3 Å². The van der Waals surface area contributed by atoms with E-state index in [2.05, 4.69) is 10.6 Å². The molecule has 2 amide bonds. The van der Waals surface area contributed by atoms with Crippen LogP contribution in [-0.4, -0.2) is 30.9 Å². The summed E-state index contributed by atoms with van der Waals surface area (Å²) >= 11 is 12.4. The second kappa shape index (κ2) is 10.2. The van der Waals surface area contributed by atoms with Gasteiger partial charge in [-0.3, -0.25) is 9.59 Å². The first-order valence-corrected chi connectivity index (χ1v) is 12.8. The number of nitrogens with two attached hydrogens (primary N) is 1. The molecule has 4 N–H and O–H groups in total. The molecule has 5 rings (SSSR count). The number of anilines is 1. The lowest BCUT2D eigenvalue weighted by Gasteiger charge is -2.33. The monoisotopic (exact) mass is 522 g/mol. The van der Waals surface area contributed by atoms with Crippen LogP contribution < -0.4 is 21.3 Å². The molecule has 0 spiro atoms. The minimum atomic E-state index is -0.832. The number of halogens is 2. The van der Waals surface area contributed by atoms with E-state index in [0.29, 0.717) is 29.6 Å². The molecule has 3 aromatic rings. The molecule has 0 aromatic heterocycles. The summed E-state index contributed by atoms with van der Waals surface area (Å²) in [6.07, 6.45) is 1.48. The third-order valence-electron chi connectivity index (χ3n) is 7.16. The molecule has 186 valence electrons. The van der Waals surface area contributed by atoms with Crippen molar-refractivity contribution in [3.63, 3.8) is 0 Å². The largest absolute Gasteiger partial charge is 0.351 e. The van der Waals surface area contributed by atoms with Crippen molar-refractivity contribution in [3.05, 3.63) is 99.5 Å². The van der Waals surface area contributed by atoms with Gasteiger partial charge in [-0.05, 0) is 59.5 Å². The molecule has 2 aliphatic rings. The summed E-state index contributed by atoms with van der Waals surface area (Å²) in [5.41, 5.74) is 9.82. The Hall–Kier alpha value is -2.90. The zero-order chi connectivity index (χ0) is 25.3. The van der Waals surface area contributed by atoms with Crippen molar-refractivity contribution in [2.24, 2.45) is 5.73 Å². The van der Waals surface area contributed by atoms with Crippen LogP contribution in [0.4, 0.5) is 5.69 Å². The Labute approximate surface area is 220 Å². The van der Waals surface area contributed by atoms with Gasteiger partial charge in [-0.1, -0.05) is 59.6 Å². The minimum Gasteiger partial charge on any atom is -0.351 e. The molecule has 8 heteroatoms. The van der Waals surface area contributed by atoms with Gasteiger partial charge in [0.1, 0.15) is 0 Å². The number of carbonyl (C=O) groups is 2. The Morgan fingerprint density at radius 2 is 1.81 bits per heavy atom. The van der Waals surface area contributed by atoms with Gasteiger partial charge in [-0.25, -0.2) is 0 Å². The average Bonchev–Trinajstić information content (AvgIpc) is 3.47. The van der Waals surface area contributed by atoms with E-state index in [4.69, 9.17) is 28.9 Å². The highest BCUT2D eigenvalue weighted by atomic mass is 35.5. The molecule has 2 saturated heterocycles. The summed E-state index contributed by atoms with van der Waals surface area (Å²) in [5.74, 6) is -0.331. The Balaban J connectivity index is 1.35. The summed E-state index contributed by atoms with van der Waals surface area (Å²) in [6, 6.07) is 22.2. The third kappa shape index (κ3) is 4.87. The summed E-state index contributed by atoms with van der Waals surface area (Å²) in [4.78, 5) is 27.2. The fourth-order valence-electron chi connectivity index (χ4n) is 5.29. The maximum Gasteiger partial charge on any atom is 0.238 e. The van der Waals surface area contributed by atoms with E-state index < -0.39 is 11.6 Å². The molecule has 0 aliphatic carbocycles. The van der Waals surface area contributed by atoms with Crippen molar-refractivity contribution >= 4 is 40.7 Å². The van der Waals surface area contributed by atoms with E-state index in [-0.39, 0.29) is 17.7 Å². The molecule has 1 unspecified atom stereocenters. The van der Waals surface area contributed by atoms with Gasteiger partial charge in [0.15, 0.2) is 0 Å². The topological polar surface area (TPSA) is 87.5 Å². The molecule has 6 nitrogen and oxygen atoms in total. The summed E-state index contributed by atoms with van der Waals surface area (Å²) in [7, 11) is 0. The van der Waals surface area contributed by atoms with Crippen LogP contribution in [0.1, 0.15) is 35.4 Å². The van der Waals surface area contributed by atoms with Crippen LogP contribution in [0.25, 0.3) is 0 Å². The maximum absolute atomic E-state index is 13.4. The lowest BCUT2D eigenvalue weighted by atomic mass is 9.74. The Kier molecular flexibility index (Phi) is 7.04. The molecule has 0 saturated carbocycles. The number of hydrogen-bond donors (Lipinski definition) is 3. The molecule has 2 heterocycles. The predicted molar refractivity (Wildman–Crippen MR) is 143 cm³/mol. The van der Waals surface area contributed by atoms with Gasteiger partial charge in [-0.15, -0.1) is 0 Å². The molecule has 2 fully saturated rings. The van der Waals surface area contributed by atoms with Crippen molar-refractivity contribution in [1.82, 2.24) is 10.6 Å². The van der Waals surface area contributed by atoms with Crippen molar-refractivity contribution < 1.29 is 9.59 Å². The second-order valence-corrected chi connectivity index (χ2v) is 10.3. The second-order valence-electron chi connectivity index (χ2n) is 9.47. The smallest absolute Gasteiger partial charge is 0.238 e. The first kappa shape index (κ1) is 24.8. The molecule has 3 atom stereocenters. The molecule has 3 aromatic carbocycles. The lowest BCUT2D eigenvalue weighted by molar-refractivity contribution is -0.123. The summed E-state index contributed by atoms with van der Waals surface area (Å²) < 4.78 is 0. The normalized spacial score (nSPS) is 23.8. The molecule has 0 bridgehead atoms. The van der Waals surface area contributed by atoms with Gasteiger partial charge in [0.05, 0.1) is 11.6 Å². The van der Waals surface area contributed by atoms with Crippen LogP contribution in [0.2, 0.25) is 10.0 Å². The highest BCUT2D eigenvalue weighted by Crippen LogP contribution is 2.42. The lowest BCUT2D eigenvalue weighted by Crippen LogP contribution is -2.47. The van der Waals surface area contributed by atoms with Crippen LogP contribution in [0.5, 0.6) is 0 Å². The third-order valence-corrected chi connectivity index (χ3v) is 7.65. The van der Waals surface area contributed by atoms with Gasteiger partial charge in [0, 0.05) is 47.7 Å². The first-order valence-electron chi connectivity index (χ1n) is 12.1. The molecule has 36 heavy (non-hydrogen) atoms. The SMILES string of the molecule is N[C@]1(c2ccc(Cl)cc2)CNC(C(=O)NCc2ccc(N3CCCC3=O)cc2)[C@@H]1c1cccc(Cl)c1. The number of hydrogen-bond acceptors (Lipinski definition) is 4. The van der Waals surface area contributed by atoms with Crippen molar-refractivity contribution in [3.8, 4) is 0 Å². The number of nitrogens with one attached hydrogen (secondary N) is 2. The Bertz CT molecular complexity index is 1270. The van der Waals surface area contributed by atoms with E-state index in [9.17, 15) is 9.59 Å². The number of nitrogens with zero attached hydrogens (tertiary/aromatic N) is 1. The Morgan fingerprint density at radius 1 is 1.06 bits per heavy atom. The van der Waals surface area contributed by atoms with Gasteiger partial charge >= 0.3 is 0 Å². The minimum absolute atomic E-state index is 0.139. The van der Waals surface area contributed by atoms with Crippen LogP contribution in [0, 0.1) is 0 Å². The maximum atomic E-state index is 13.4. The van der Waals surface area contributed by atoms with Gasteiger partial charge in [0.2, 0.25) is 11.8 Å². The summed E-state index contributed by atoms with van der Waals surface area (Å²) in [5, 5.41) is 7.64. The van der Waals surface area contributed by atoms with Crippen molar-refractivity contribution in [2.45, 2.75) is 36.9 Å². The standard InChI is InChI=1S/C28H28Cl2N4O2/c29-21-10-8-20(9-11-21)28(31)17-33-26(25(28)19-3-1-4-22(30)15-19)27(36)32-16-18-6-12-23(13-7-18)34-14-2-5-24(34)35/h1,3-4,6-13,15,25-26,33H,2,5,14,16-17,31H2,(H,32,36)/t25-,26?,28-/m0/s1. The molecule has 0 radical (unpaired) electrons. The van der Waals surface area contributed by atoms with Gasteiger partial charge in [0.25, 0.3) is 0 Å². The highest BCUT2D eigenvalue weighted by molar-refractivity contribution is 6.30.